The molecule has 0 aromatic heterocycles. The molecule has 2 aliphatic carbocycles. The van der Waals surface area contributed by atoms with Crippen molar-refractivity contribution in [1.82, 2.24) is 0 Å². The van der Waals surface area contributed by atoms with Crippen LogP contribution in [0.15, 0.2) is 36.9 Å². The van der Waals surface area contributed by atoms with Crippen LogP contribution in [-0.2, 0) is 16.3 Å². The summed E-state index contributed by atoms with van der Waals surface area (Å²) in [6, 6.07) is 5.09. The molecule has 1 unspecified atom stereocenters. The molecule has 0 saturated carbocycles. The van der Waals surface area contributed by atoms with E-state index in [0.717, 1.165) is 29.5 Å². The highest BCUT2D eigenvalue weighted by Crippen LogP contribution is 2.52. The van der Waals surface area contributed by atoms with Crippen molar-refractivity contribution in [2.75, 3.05) is 0 Å². The minimum atomic E-state index is -0.121. The van der Waals surface area contributed by atoms with Crippen molar-refractivity contribution in [3.05, 3.63) is 48.1 Å². The van der Waals surface area contributed by atoms with Crippen molar-refractivity contribution in [2.24, 2.45) is 5.41 Å². The van der Waals surface area contributed by atoms with Gasteiger partial charge < -0.3 is 0 Å². The maximum Gasteiger partial charge on any atom is 0.178 e. The van der Waals surface area contributed by atoms with E-state index in [4.69, 9.17) is 0 Å². The summed E-state index contributed by atoms with van der Waals surface area (Å²) in [7, 11) is 0. The Labute approximate surface area is 100 Å². The summed E-state index contributed by atoms with van der Waals surface area (Å²) in [5.41, 5.74) is 3.04. The summed E-state index contributed by atoms with van der Waals surface area (Å²) in [6.07, 6.45) is 5.87. The third-order valence-electron chi connectivity index (χ3n) is 3.92. The first-order chi connectivity index (χ1) is 8.14. The second-order valence-corrected chi connectivity index (χ2v) is 4.88. The number of benzene rings is 1. The van der Waals surface area contributed by atoms with Gasteiger partial charge in [-0.2, -0.15) is 0 Å². The van der Waals surface area contributed by atoms with Gasteiger partial charge in [-0.15, -0.1) is 6.58 Å². The van der Waals surface area contributed by atoms with Crippen LogP contribution < -0.4 is 0 Å². The number of ketones is 1. The molecule has 0 N–H and O–H groups in total. The number of rotatable bonds is 1. The fourth-order valence-corrected chi connectivity index (χ4v) is 2.99. The van der Waals surface area contributed by atoms with Crippen LogP contribution in [0, 0.1) is 5.41 Å². The van der Waals surface area contributed by atoms with E-state index in [-0.39, 0.29) is 16.9 Å². The minimum Gasteiger partial charge on any atom is -0.295 e. The average Bonchev–Trinajstić information content (AvgIpc) is 2.62. The van der Waals surface area contributed by atoms with Crippen molar-refractivity contribution in [3.8, 4) is 5.75 Å². The quantitative estimate of drug-likeness (QED) is 0.675. The number of hydrogen-bond acceptors (Lipinski definition) is 1. The molecule has 2 aliphatic rings. The van der Waals surface area contributed by atoms with Crippen LogP contribution in [0.1, 0.15) is 24.0 Å². The van der Waals surface area contributed by atoms with Gasteiger partial charge in [0.15, 0.2) is 11.5 Å². The van der Waals surface area contributed by atoms with Gasteiger partial charge in [-0.1, -0.05) is 12.1 Å². The number of allylic oxidation sites excluding steroid dienone is 3. The third kappa shape index (κ3) is 1.37. The summed E-state index contributed by atoms with van der Waals surface area (Å²) in [5.74, 6) is 0.213. The monoisotopic (exact) mass is 225 g/mol. The maximum absolute atomic E-state index is 11.6. The van der Waals surface area contributed by atoms with E-state index in [9.17, 15) is 9.90 Å². The van der Waals surface area contributed by atoms with Crippen molar-refractivity contribution in [1.29, 1.82) is 0 Å². The Bertz CT molecular complexity index is 554. The van der Waals surface area contributed by atoms with E-state index < -0.39 is 0 Å². The molecule has 0 bridgehead atoms. The predicted octanol–water partition coefficient (Wildman–Crippen LogP) is 3.31. The topological polar surface area (TPSA) is 37.0 Å². The zero-order valence-electron chi connectivity index (χ0n) is 9.53. The first-order valence-electron chi connectivity index (χ1n) is 5.83. The molecule has 2 nitrogen and oxygen atoms in total. The van der Waals surface area contributed by atoms with E-state index in [0.29, 0.717) is 6.42 Å². The molecule has 0 heterocycles. The highest BCUT2D eigenvalue weighted by molar-refractivity contribution is 6.01. The Kier molecular flexibility index (Phi) is 2.02. The number of carbonyl (C=O) groups is 1. The fourth-order valence-electron chi connectivity index (χ4n) is 2.99. The zero-order valence-corrected chi connectivity index (χ0v) is 9.53. The smallest absolute Gasteiger partial charge is 0.178 e. The van der Waals surface area contributed by atoms with E-state index >= 15 is 0 Å². The van der Waals surface area contributed by atoms with Crippen molar-refractivity contribution in [3.63, 3.8) is 0 Å². The molecule has 85 valence electrons. The highest BCUT2D eigenvalue weighted by atomic mass is 16.3. The van der Waals surface area contributed by atoms with Crippen LogP contribution in [0.25, 0.3) is 5.57 Å². The Morgan fingerprint density at radius 2 is 2.18 bits per heavy atom. The molecule has 1 aromatic carbocycles. The summed E-state index contributed by atoms with van der Waals surface area (Å²) < 4.78 is 0. The zero-order chi connectivity index (χ0) is 12.0. The lowest BCUT2D eigenvalue weighted by Gasteiger charge is -2.30. The maximum atomic E-state index is 11.6. The molecule has 0 amide bonds. The first kappa shape index (κ1) is 10.3. The van der Waals surface area contributed by atoms with Crippen molar-refractivity contribution in [2.45, 2.75) is 19.3 Å². The third-order valence-corrected chi connectivity index (χ3v) is 3.92. The lowest BCUT2D eigenvalue weighted by atomic mass is 9.73. The molecule has 0 fully saturated rings. The second kappa shape index (κ2) is 3.33. The Morgan fingerprint density at radius 1 is 1.35 bits per heavy atom. The molecule has 1 radical (unpaired) electrons. The molecule has 3 rings (SSSR count). The molecule has 1 aromatic rings. The summed E-state index contributed by atoms with van der Waals surface area (Å²) in [6.45, 7) is 3.92. The van der Waals surface area contributed by atoms with Gasteiger partial charge in [-0.05, 0) is 47.8 Å². The van der Waals surface area contributed by atoms with Gasteiger partial charge in [0.1, 0.15) is 0 Å². The summed E-state index contributed by atoms with van der Waals surface area (Å²) >= 11 is 0. The molecule has 0 spiro atoms. The fraction of sp³-hybridized carbons (Fsp3) is 0.267. The van der Waals surface area contributed by atoms with Gasteiger partial charge in [0, 0.05) is 11.8 Å². The van der Waals surface area contributed by atoms with E-state index in [2.05, 4.69) is 6.58 Å². The summed E-state index contributed by atoms with van der Waals surface area (Å²) in [5, 5.41) is 11.4. The number of hydrogen-bond donors (Lipinski definition) is 0. The Hall–Kier alpha value is -1.83. The van der Waals surface area contributed by atoms with E-state index in [1.807, 2.05) is 12.1 Å². The Morgan fingerprint density at radius 3 is 2.94 bits per heavy atom. The normalized spacial score (nSPS) is 26.1. The molecule has 0 aliphatic heterocycles. The Balaban J connectivity index is 2.22. The van der Waals surface area contributed by atoms with Crippen LogP contribution in [0.5, 0.6) is 5.75 Å². The molecular formula is C15H13O2. The van der Waals surface area contributed by atoms with Crippen molar-refractivity contribution >= 4 is 11.4 Å². The standard InChI is InChI=1S/C15H13O2/c1-2-15-6-5-12(17)8-14(15)13-4-3-11(16)7-10(13)9-15/h2-4,7-8H,1,5-6,9H2. The molecule has 17 heavy (non-hydrogen) atoms. The van der Waals surface area contributed by atoms with Gasteiger partial charge in [0.05, 0.1) is 0 Å². The van der Waals surface area contributed by atoms with Gasteiger partial charge in [-0.25, -0.2) is 0 Å². The van der Waals surface area contributed by atoms with Crippen LogP contribution in [0.2, 0.25) is 0 Å². The van der Waals surface area contributed by atoms with E-state index in [1.54, 1.807) is 18.2 Å². The lowest BCUT2D eigenvalue weighted by molar-refractivity contribution is -0.115. The number of fused-ring (bicyclic) bond motifs is 3. The highest BCUT2D eigenvalue weighted by Gasteiger charge is 2.42. The minimum absolute atomic E-state index is 0.0357. The van der Waals surface area contributed by atoms with Gasteiger partial charge in [-0.3, -0.25) is 9.90 Å². The average molecular weight is 225 g/mol. The van der Waals surface area contributed by atoms with E-state index in [1.165, 1.54) is 0 Å². The SMILES string of the molecule is C=CC12CCC(=O)C=C1c1ccc([O])cc1C2. The molecule has 0 saturated heterocycles. The van der Waals surface area contributed by atoms with Crippen LogP contribution in [-0.4, -0.2) is 5.78 Å². The molecule has 2 heteroatoms. The molecule has 1 atom stereocenters. The summed E-state index contributed by atoms with van der Waals surface area (Å²) in [4.78, 5) is 11.6. The van der Waals surface area contributed by atoms with Crippen molar-refractivity contribution < 1.29 is 9.90 Å². The second-order valence-electron chi connectivity index (χ2n) is 4.88. The molecular weight excluding hydrogens is 212 g/mol. The van der Waals surface area contributed by atoms with Crippen LogP contribution in [0.4, 0.5) is 0 Å². The predicted molar refractivity (Wildman–Crippen MR) is 65.1 cm³/mol. The van der Waals surface area contributed by atoms with Gasteiger partial charge in [0.2, 0.25) is 0 Å². The van der Waals surface area contributed by atoms with Gasteiger partial charge >= 0.3 is 0 Å². The largest absolute Gasteiger partial charge is 0.295 e. The van der Waals surface area contributed by atoms with Crippen LogP contribution in [0.3, 0.4) is 0 Å². The van der Waals surface area contributed by atoms with Crippen LogP contribution >= 0.6 is 0 Å². The lowest BCUT2D eigenvalue weighted by Crippen LogP contribution is -2.23. The number of carbonyl (C=O) groups excluding carboxylic acids is 1. The van der Waals surface area contributed by atoms with Gasteiger partial charge in [0.25, 0.3) is 0 Å². The first-order valence-corrected chi connectivity index (χ1v) is 5.83.